The Morgan fingerprint density at radius 1 is 0.237 bits per heavy atom. The summed E-state index contributed by atoms with van der Waals surface area (Å²) < 4.78 is 59.6. The lowest BCUT2D eigenvalue weighted by Crippen LogP contribution is -2.47. The quantitative estimate of drug-likeness (QED) is 0.0236. The Morgan fingerprint density at radius 3 is 0.500 bits per heavy atom. The van der Waals surface area contributed by atoms with Gasteiger partial charge in [0.15, 0.2) is 0 Å². The molecule has 0 bridgehead atoms. The molecule has 0 aliphatic heterocycles. The first kappa shape index (κ1) is 75.9. The third-order valence-corrected chi connectivity index (χ3v) is 11.5. The molecule has 0 unspecified atom stereocenters. The topological polar surface area (TPSA) is 272 Å². The van der Waals surface area contributed by atoms with E-state index < -0.39 is 75.9 Å². The molecule has 0 aromatic heterocycles. The van der Waals surface area contributed by atoms with Gasteiger partial charge in [0.1, 0.15) is 71.5 Å². The molecule has 0 rings (SSSR count). The third kappa shape index (κ3) is 39.2. The predicted molar refractivity (Wildman–Crippen MR) is 309 cm³/mol. The maximum absolute atomic E-state index is 12.4. The minimum atomic E-state index is -1.40. The molecule has 0 spiro atoms. The Labute approximate surface area is 494 Å². The van der Waals surface area contributed by atoms with Crippen molar-refractivity contribution in [2.45, 2.75) is 77.6 Å². The van der Waals surface area contributed by atoms with Crippen LogP contribution in [0.3, 0.4) is 0 Å². The smallest absolute Gasteiger partial charge is 0.306 e. The maximum Gasteiger partial charge on any atom is 0.306 e. The molecule has 0 atom stereocenters. The number of thiol groups is 9. The molecule has 0 saturated carbocycles. The van der Waals surface area contributed by atoms with Crippen LogP contribution in [-0.4, -0.2) is 191 Å². The largest absolute Gasteiger partial charge is 0.465 e. The zero-order valence-corrected chi connectivity index (χ0v) is 50.8. The number of rotatable bonds is 44. The second-order valence-electron chi connectivity index (χ2n) is 16.6. The van der Waals surface area contributed by atoms with Gasteiger partial charge in [-0.05, 0) is 6.42 Å². The third-order valence-electron chi connectivity index (χ3n) is 9.51. The average molecular weight is 1250 g/mol. The van der Waals surface area contributed by atoms with Crippen LogP contribution < -0.4 is 0 Å². The van der Waals surface area contributed by atoms with E-state index in [0.717, 1.165) is 0 Å². The number of carbonyl (C=O) groups is 10. The first-order valence-electron chi connectivity index (χ1n) is 23.9. The van der Waals surface area contributed by atoms with Gasteiger partial charge in [0, 0.05) is 58.2 Å². The fourth-order valence-electron chi connectivity index (χ4n) is 5.32. The molecule has 0 radical (unpaired) electrons. The molecule has 0 fully saturated rings. The van der Waals surface area contributed by atoms with Crippen molar-refractivity contribution in [1.82, 2.24) is 0 Å². The van der Waals surface area contributed by atoms with Gasteiger partial charge in [0.05, 0.1) is 81.8 Å². The highest BCUT2D eigenvalue weighted by Gasteiger charge is 2.41. The Balaban J connectivity index is 0. The van der Waals surface area contributed by atoms with Crippen molar-refractivity contribution < 1.29 is 100 Å². The summed E-state index contributed by atoms with van der Waals surface area (Å²) in [6.07, 6.45) is 0.843. The first-order valence-corrected chi connectivity index (χ1v) is 29.6. The normalized spacial score (nSPS) is 11.2. The Kier molecular flexibility index (Phi) is 47.5. The van der Waals surface area contributed by atoms with Crippen LogP contribution >= 0.6 is 114 Å². The predicted octanol–water partition coefficient (Wildman–Crippen LogP) is 4.06. The van der Waals surface area contributed by atoms with E-state index in [4.69, 9.17) is 52.1 Å². The second-order valence-corrected chi connectivity index (χ2v) is 20.6. The van der Waals surface area contributed by atoms with Crippen LogP contribution in [0.2, 0.25) is 0 Å². The number of hydrogen-bond donors (Lipinski definition) is 9. The SMILES string of the molecule is CCCC(=O)OCC(COCC(COC(=O)CCS)(COC(=O)CCS)COC(=O)CCS)(COC(=O)CCS)COC(=O)CCS.O=C(CCS)OCC(COC(=O)CCS)(COC(=O)CCS)COC(=O)CCS. The van der Waals surface area contributed by atoms with Crippen LogP contribution in [0.4, 0.5) is 0 Å². The fourth-order valence-corrected chi connectivity index (χ4v) is 6.96. The van der Waals surface area contributed by atoms with E-state index >= 15 is 0 Å². The van der Waals surface area contributed by atoms with E-state index in [1.807, 2.05) is 0 Å². The van der Waals surface area contributed by atoms with Gasteiger partial charge in [-0.25, -0.2) is 0 Å². The zero-order chi connectivity index (χ0) is 57.7. The molecule has 21 nitrogen and oxygen atoms in total. The van der Waals surface area contributed by atoms with Crippen LogP contribution in [-0.2, 0) is 100 Å². The van der Waals surface area contributed by atoms with Gasteiger partial charge in [-0.3, -0.25) is 47.9 Å². The van der Waals surface area contributed by atoms with E-state index in [-0.39, 0.29) is 195 Å². The second kappa shape index (κ2) is 47.6. The van der Waals surface area contributed by atoms with E-state index in [1.54, 1.807) is 6.92 Å². The van der Waals surface area contributed by atoms with Crippen LogP contribution in [0.1, 0.15) is 77.6 Å². The van der Waals surface area contributed by atoms with E-state index in [0.29, 0.717) is 6.42 Å². The maximum atomic E-state index is 12.4. The monoisotopic (exact) mass is 1250 g/mol. The zero-order valence-electron chi connectivity index (χ0n) is 42.7. The molecule has 0 saturated heterocycles. The van der Waals surface area contributed by atoms with Crippen molar-refractivity contribution in [2.75, 3.05) is 131 Å². The van der Waals surface area contributed by atoms with Crippen LogP contribution in [0.25, 0.3) is 0 Å². The summed E-state index contributed by atoms with van der Waals surface area (Å²) in [4.78, 5) is 121. The van der Waals surface area contributed by atoms with Crippen molar-refractivity contribution in [3.8, 4) is 0 Å². The summed E-state index contributed by atoms with van der Waals surface area (Å²) in [7, 11) is 0. The molecule has 0 heterocycles. The van der Waals surface area contributed by atoms with Crippen molar-refractivity contribution >= 4 is 173 Å². The van der Waals surface area contributed by atoms with Crippen LogP contribution in [0.5, 0.6) is 0 Å². The summed E-state index contributed by atoms with van der Waals surface area (Å²) in [6, 6.07) is 0. The van der Waals surface area contributed by atoms with Gasteiger partial charge < -0.3 is 52.1 Å². The molecular formula is C46H76O21S9. The first-order chi connectivity index (χ1) is 36.3. The van der Waals surface area contributed by atoms with Gasteiger partial charge in [-0.2, -0.15) is 114 Å². The number of hydrogen-bond acceptors (Lipinski definition) is 30. The van der Waals surface area contributed by atoms with Gasteiger partial charge >= 0.3 is 59.7 Å². The molecule has 0 aromatic carbocycles. The Bertz CT molecular complexity index is 1450. The average Bonchev–Trinajstić information content (AvgIpc) is 3.37. The van der Waals surface area contributed by atoms with E-state index in [2.05, 4.69) is 114 Å². The molecule has 0 N–H and O–H groups in total. The highest BCUT2D eigenvalue weighted by atomic mass is 32.1. The lowest BCUT2D eigenvalue weighted by Gasteiger charge is -2.35. The number of carbonyl (C=O) groups excluding carboxylic acids is 10. The van der Waals surface area contributed by atoms with E-state index in [1.165, 1.54) is 0 Å². The highest BCUT2D eigenvalue weighted by molar-refractivity contribution is 7.81. The Morgan fingerprint density at radius 2 is 0.368 bits per heavy atom. The lowest BCUT2D eigenvalue weighted by atomic mass is 9.90. The standard InChI is InChI=1S/C29H48O13S5.C17H28O8S4/c1-2-3-22(30)37-16-28(17-38-23(31)4-9-43,18-39-24(32)5-10-44)14-36-15-29(19-40-25(33)6-11-45,20-41-26(34)7-12-46)21-42-27(35)8-13-47;18-13(1-5-26)22-9-17(10-23-14(19)2-6-27,11-24-15(20)3-7-28)12-25-16(21)4-8-29/h43-47H,2-21H2,1H3;26-29H,1-12H2. The van der Waals surface area contributed by atoms with Gasteiger partial charge in [0.2, 0.25) is 0 Å². The molecule has 0 amide bonds. The molecule has 440 valence electrons. The van der Waals surface area contributed by atoms with Gasteiger partial charge in [-0.1, -0.05) is 6.92 Å². The highest BCUT2D eigenvalue weighted by Crippen LogP contribution is 2.27. The molecule has 30 heteroatoms. The molecule has 0 aliphatic carbocycles. The summed E-state index contributed by atoms with van der Waals surface area (Å²) in [6.45, 7) is -2.22. The molecule has 76 heavy (non-hydrogen) atoms. The lowest BCUT2D eigenvalue weighted by molar-refractivity contribution is -0.176. The Hall–Kier alpha value is -2.19. The van der Waals surface area contributed by atoms with Crippen molar-refractivity contribution in [3.63, 3.8) is 0 Å². The summed E-state index contributed by atoms with van der Waals surface area (Å²) in [5, 5.41) is 0. The van der Waals surface area contributed by atoms with Gasteiger partial charge in [-0.15, -0.1) is 0 Å². The molecular weight excluding hydrogens is 1180 g/mol. The van der Waals surface area contributed by atoms with Crippen molar-refractivity contribution in [3.05, 3.63) is 0 Å². The summed E-state index contributed by atoms with van der Waals surface area (Å²) >= 11 is 36.1. The minimum Gasteiger partial charge on any atom is -0.465 e. The van der Waals surface area contributed by atoms with Gasteiger partial charge in [0.25, 0.3) is 0 Å². The van der Waals surface area contributed by atoms with Crippen molar-refractivity contribution in [1.29, 1.82) is 0 Å². The molecule has 0 aliphatic rings. The van der Waals surface area contributed by atoms with Crippen LogP contribution in [0, 0.1) is 16.2 Å². The minimum absolute atomic E-state index is 0.00875. The summed E-state index contributed by atoms with van der Waals surface area (Å²) in [5.41, 5.74) is -4.04. The molecule has 0 aromatic rings. The van der Waals surface area contributed by atoms with E-state index in [9.17, 15) is 47.9 Å². The number of ether oxygens (including phenoxy) is 11. The summed E-state index contributed by atoms with van der Waals surface area (Å²) in [5.74, 6) is -3.41. The fraction of sp³-hybridized carbons (Fsp3) is 0.783. The van der Waals surface area contributed by atoms with Crippen molar-refractivity contribution in [2.24, 2.45) is 16.2 Å². The van der Waals surface area contributed by atoms with Crippen LogP contribution in [0.15, 0.2) is 0 Å². The number of esters is 10.